The molecule has 0 saturated carbocycles. The maximum Gasteiger partial charge on any atom is 0.224 e. The van der Waals surface area contributed by atoms with Crippen molar-refractivity contribution >= 4 is 29.0 Å². The molecule has 0 N–H and O–H groups in total. The van der Waals surface area contributed by atoms with Gasteiger partial charge in [-0.15, -0.1) is 0 Å². The lowest BCUT2D eigenvalue weighted by Crippen LogP contribution is -2.33. The van der Waals surface area contributed by atoms with Crippen molar-refractivity contribution in [2.45, 2.75) is 13.0 Å². The average Bonchev–Trinajstić information content (AvgIpc) is 2.21. The molecule has 0 aliphatic rings. The first-order valence-corrected chi connectivity index (χ1v) is 5.21. The number of hydrogen-bond donors (Lipinski definition) is 0. The fraction of sp³-hybridized carbons (Fsp3) is 0.556. The Morgan fingerprint density at radius 1 is 1.53 bits per heavy atom. The van der Waals surface area contributed by atoms with Gasteiger partial charge in [-0.2, -0.15) is 4.98 Å². The lowest BCUT2D eigenvalue weighted by Gasteiger charge is -2.25. The van der Waals surface area contributed by atoms with E-state index in [2.05, 4.69) is 9.97 Å². The number of nitrogens with zero attached hydrogens (tertiary/aromatic N) is 3. The fourth-order valence-electron chi connectivity index (χ4n) is 1.15. The van der Waals surface area contributed by atoms with Gasteiger partial charge in [0.15, 0.2) is 5.82 Å². The zero-order valence-electron chi connectivity index (χ0n) is 8.87. The van der Waals surface area contributed by atoms with Gasteiger partial charge in [0.1, 0.15) is 5.02 Å². The second-order valence-corrected chi connectivity index (χ2v) is 3.97. The molecule has 1 aromatic rings. The topological polar surface area (TPSA) is 38.2 Å². The maximum atomic E-state index is 5.97. The molecular weight excluding hydrogens is 237 g/mol. The predicted octanol–water partition coefficient (Wildman–Crippen LogP) is 2.25. The van der Waals surface area contributed by atoms with Crippen molar-refractivity contribution in [2.75, 3.05) is 25.7 Å². The first-order chi connectivity index (χ1) is 7.06. The van der Waals surface area contributed by atoms with Gasteiger partial charge in [0.25, 0.3) is 0 Å². The minimum Gasteiger partial charge on any atom is -0.383 e. The van der Waals surface area contributed by atoms with Crippen molar-refractivity contribution in [3.05, 3.63) is 16.5 Å². The van der Waals surface area contributed by atoms with Gasteiger partial charge in [0.05, 0.1) is 18.8 Å². The molecule has 0 aliphatic carbocycles. The Kier molecular flexibility index (Phi) is 4.57. The molecule has 0 spiro atoms. The molecule has 84 valence electrons. The van der Waals surface area contributed by atoms with Crippen molar-refractivity contribution in [2.24, 2.45) is 0 Å². The van der Waals surface area contributed by atoms with Crippen molar-refractivity contribution in [3.8, 4) is 0 Å². The summed E-state index contributed by atoms with van der Waals surface area (Å²) >= 11 is 11.7. The van der Waals surface area contributed by atoms with E-state index < -0.39 is 0 Å². The van der Waals surface area contributed by atoms with Gasteiger partial charge >= 0.3 is 0 Å². The zero-order valence-corrected chi connectivity index (χ0v) is 10.4. The van der Waals surface area contributed by atoms with E-state index >= 15 is 0 Å². The maximum absolute atomic E-state index is 5.97. The summed E-state index contributed by atoms with van der Waals surface area (Å²) in [7, 11) is 3.53. The minimum atomic E-state index is 0.165. The third-order valence-electron chi connectivity index (χ3n) is 2.10. The molecule has 1 aromatic heterocycles. The van der Waals surface area contributed by atoms with Crippen LogP contribution in [0.5, 0.6) is 0 Å². The molecule has 0 aliphatic heterocycles. The van der Waals surface area contributed by atoms with Crippen molar-refractivity contribution < 1.29 is 4.74 Å². The van der Waals surface area contributed by atoms with E-state index in [9.17, 15) is 0 Å². The molecule has 4 nitrogen and oxygen atoms in total. The molecule has 0 saturated heterocycles. The minimum absolute atomic E-state index is 0.165. The second kappa shape index (κ2) is 5.49. The third-order valence-corrected chi connectivity index (χ3v) is 2.55. The van der Waals surface area contributed by atoms with Crippen molar-refractivity contribution in [1.29, 1.82) is 0 Å². The molecule has 1 atom stereocenters. The fourth-order valence-corrected chi connectivity index (χ4v) is 1.50. The van der Waals surface area contributed by atoms with Crippen LogP contribution in [-0.4, -0.2) is 36.8 Å². The highest BCUT2D eigenvalue weighted by Gasteiger charge is 2.15. The summed E-state index contributed by atoms with van der Waals surface area (Å²) in [5.41, 5.74) is 0. The standard InChI is InChI=1S/C9H13Cl2N3O/c1-6(5-15-3)14(2)8-7(10)4-12-9(11)13-8/h4,6H,5H2,1-3H3. The molecule has 0 fully saturated rings. The number of methoxy groups -OCH3 is 1. The van der Waals surface area contributed by atoms with Crippen LogP contribution in [0.1, 0.15) is 6.92 Å². The highest BCUT2D eigenvalue weighted by atomic mass is 35.5. The van der Waals surface area contributed by atoms with Gasteiger partial charge in [-0.3, -0.25) is 0 Å². The van der Waals surface area contributed by atoms with Gasteiger partial charge in [-0.25, -0.2) is 4.98 Å². The lowest BCUT2D eigenvalue weighted by molar-refractivity contribution is 0.183. The van der Waals surface area contributed by atoms with E-state index in [1.165, 1.54) is 6.20 Å². The number of anilines is 1. The van der Waals surface area contributed by atoms with Crippen molar-refractivity contribution in [3.63, 3.8) is 0 Å². The number of hydrogen-bond acceptors (Lipinski definition) is 4. The van der Waals surface area contributed by atoms with Crippen molar-refractivity contribution in [1.82, 2.24) is 9.97 Å². The summed E-state index contributed by atoms with van der Waals surface area (Å²) in [6.45, 7) is 2.60. The predicted molar refractivity (Wildman–Crippen MR) is 61.8 cm³/mol. The van der Waals surface area contributed by atoms with Crippen LogP contribution in [0.25, 0.3) is 0 Å². The van der Waals surface area contributed by atoms with E-state index in [-0.39, 0.29) is 11.3 Å². The average molecular weight is 250 g/mol. The molecule has 0 bridgehead atoms. The number of aromatic nitrogens is 2. The zero-order chi connectivity index (χ0) is 11.4. The van der Waals surface area contributed by atoms with E-state index in [0.717, 1.165) is 0 Å². The normalized spacial score (nSPS) is 12.6. The Morgan fingerprint density at radius 2 is 2.20 bits per heavy atom. The van der Waals surface area contributed by atoms with Crippen LogP contribution in [0, 0.1) is 0 Å². The molecule has 1 unspecified atom stereocenters. The summed E-state index contributed by atoms with van der Waals surface area (Å²) in [5, 5.41) is 0.663. The lowest BCUT2D eigenvalue weighted by atomic mass is 10.3. The third kappa shape index (κ3) is 3.19. The highest BCUT2D eigenvalue weighted by Crippen LogP contribution is 2.24. The summed E-state index contributed by atoms with van der Waals surface area (Å²) in [5.74, 6) is 0.612. The van der Waals surface area contributed by atoms with Crippen LogP contribution in [0.4, 0.5) is 5.82 Å². The largest absolute Gasteiger partial charge is 0.383 e. The van der Waals surface area contributed by atoms with Crippen LogP contribution in [0.2, 0.25) is 10.3 Å². The summed E-state index contributed by atoms with van der Waals surface area (Å²) in [6.07, 6.45) is 1.49. The highest BCUT2D eigenvalue weighted by molar-refractivity contribution is 6.33. The number of ether oxygens (including phenoxy) is 1. The smallest absolute Gasteiger partial charge is 0.224 e. The van der Waals surface area contributed by atoms with Crippen LogP contribution in [0.3, 0.4) is 0 Å². The van der Waals surface area contributed by atoms with Crippen LogP contribution >= 0.6 is 23.2 Å². The molecule has 6 heteroatoms. The van der Waals surface area contributed by atoms with Gasteiger partial charge in [-0.05, 0) is 18.5 Å². The molecule has 1 rings (SSSR count). The van der Waals surface area contributed by atoms with E-state index in [1.807, 2.05) is 18.9 Å². The van der Waals surface area contributed by atoms with Gasteiger partial charge < -0.3 is 9.64 Å². The first kappa shape index (κ1) is 12.5. The van der Waals surface area contributed by atoms with Gasteiger partial charge in [0.2, 0.25) is 5.28 Å². The second-order valence-electron chi connectivity index (χ2n) is 3.23. The number of halogens is 2. The Labute approximate surface area is 99.2 Å². The molecule has 15 heavy (non-hydrogen) atoms. The Hall–Kier alpha value is -0.580. The molecule has 1 heterocycles. The summed E-state index contributed by atoms with van der Waals surface area (Å²) in [4.78, 5) is 9.76. The van der Waals surface area contributed by atoms with Gasteiger partial charge in [-0.1, -0.05) is 11.6 Å². The molecule has 0 aromatic carbocycles. The van der Waals surface area contributed by atoms with E-state index in [1.54, 1.807) is 7.11 Å². The Bertz CT molecular complexity index is 335. The Morgan fingerprint density at radius 3 is 2.80 bits per heavy atom. The van der Waals surface area contributed by atoms with Crippen LogP contribution in [-0.2, 0) is 4.74 Å². The van der Waals surface area contributed by atoms with E-state index in [4.69, 9.17) is 27.9 Å². The molecular formula is C9H13Cl2N3O. The number of likely N-dealkylation sites (N-methyl/N-ethyl adjacent to an activating group) is 1. The summed E-state index contributed by atoms with van der Waals surface area (Å²) in [6, 6.07) is 0.165. The van der Waals surface area contributed by atoms with Crippen LogP contribution in [0.15, 0.2) is 6.20 Å². The summed E-state index contributed by atoms with van der Waals surface area (Å²) < 4.78 is 5.06. The number of rotatable bonds is 4. The molecule has 0 amide bonds. The first-order valence-electron chi connectivity index (χ1n) is 4.46. The molecule has 0 radical (unpaired) electrons. The monoisotopic (exact) mass is 249 g/mol. The Balaban J connectivity index is 2.89. The quantitative estimate of drug-likeness (QED) is 0.768. The van der Waals surface area contributed by atoms with Gasteiger partial charge in [0, 0.05) is 14.2 Å². The van der Waals surface area contributed by atoms with Crippen LogP contribution < -0.4 is 4.90 Å². The van der Waals surface area contributed by atoms with E-state index in [0.29, 0.717) is 17.4 Å². The SMILES string of the molecule is COCC(C)N(C)c1nc(Cl)ncc1Cl.